The van der Waals surface area contributed by atoms with Gasteiger partial charge in [-0.05, 0) is 29.7 Å². The molecule has 2 aromatic carbocycles. The first-order valence-electron chi connectivity index (χ1n) is 7.06. The van der Waals surface area contributed by atoms with Crippen LogP contribution in [-0.2, 0) is 6.18 Å². The molecule has 0 saturated carbocycles. The van der Waals surface area contributed by atoms with Crippen molar-refractivity contribution in [1.29, 1.82) is 0 Å². The summed E-state index contributed by atoms with van der Waals surface area (Å²) in [7, 11) is 0. The third kappa shape index (κ3) is 2.25. The van der Waals surface area contributed by atoms with Gasteiger partial charge in [-0.3, -0.25) is 4.98 Å². The molecule has 2 aromatic heterocycles. The molecule has 4 rings (SSSR count). The Morgan fingerprint density at radius 2 is 1.57 bits per heavy atom. The van der Waals surface area contributed by atoms with Gasteiger partial charge in [0.1, 0.15) is 0 Å². The van der Waals surface area contributed by atoms with E-state index in [2.05, 4.69) is 9.97 Å². The Bertz CT molecular complexity index is 1000. The number of aromatic amines is 1. The van der Waals surface area contributed by atoms with Gasteiger partial charge in [0.25, 0.3) is 0 Å². The monoisotopic (exact) mass is 312 g/mol. The van der Waals surface area contributed by atoms with Gasteiger partial charge < -0.3 is 4.98 Å². The summed E-state index contributed by atoms with van der Waals surface area (Å²) in [6.07, 6.45) is -1.08. The van der Waals surface area contributed by atoms with Crippen LogP contribution in [0.15, 0.2) is 60.9 Å². The standard InChI is InChI=1S/C18H11F3N2/c19-18(20,21)15-9-12-10-16(11-5-7-22-8-6-11)23-17(12)14-4-2-1-3-13(14)15/h1-10,23H. The van der Waals surface area contributed by atoms with Crippen molar-refractivity contribution in [2.24, 2.45) is 0 Å². The first-order chi connectivity index (χ1) is 11.0. The zero-order valence-corrected chi connectivity index (χ0v) is 11.9. The second-order valence-corrected chi connectivity index (χ2v) is 5.35. The number of aromatic nitrogens is 2. The molecule has 5 heteroatoms. The SMILES string of the molecule is FC(F)(F)c1cc2cc(-c3ccncc3)[nH]c2c2ccccc12. The number of benzene rings is 2. The van der Waals surface area contributed by atoms with Crippen molar-refractivity contribution in [3.8, 4) is 11.3 Å². The third-order valence-electron chi connectivity index (χ3n) is 3.93. The van der Waals surface area contributed by atoms with Gasteiger partial charge in [0.2, 0.25) is 0 Å². The van der Waals surface area contributed by atoms with E-state index in [1.807, 2.05) is 12.1 Å². The average molecular weight is 312 g/mol. The van der Waals surface area contributed by atoms with Crippen molar-refractivity contribution in [1.82, 2.24) is 9.97 Å². The second kappa shape index (κ2) is 4.84. The summed E-state index contributed by atoms with van der Waals surface area (Å²) >= 11 is 0. The molecule has 0 unspecified atom stereocenters. The van der Waals surface area contributed by atoms with Crippen molar-refractivity contribution in [3.05, 3.63) is 66.5 Å². The van der Waals surface area contributed by atoms with Crippen LogP contribution in [0.1, 0.15) is 5.56 Å². The maximum absolute atomic E-state index is 13.4. The van der Waals surface area contributed by atoms with E-state index < -0.39 is 11.7 Å². The van der Waals surface area contributed by atoms with E-state index in [9.17, 15) is 13.2 Å². The van der Waals surface area contributed by atoms with E-state index in [4.69, 9.17) is 0 Å². The maximum Gasteiger partial charge on any atom is 0.417 e. The summed E-state index contributed by atoms with van der Waals surface area (Å²) in [5.41, 5.74) is 1.75. The largest absolute Gasteiger partial charge is 0.417 e. The third-order valence-corrected chi connectivity index (χ3v) is 3.93. The number of hydrogen-bond acceptors (Lipinski definition) is 1. The Morgan fingerprint density at radius 1 is 0.870 bits per heavy atom. The van der Waals surface area contributed by atoms with Gasteiger partial charge >= 0.3 is 6.18 Å². The lowest BCUT2D eigenvalue weighted by atomic mass is 10.0. The van der Waals surface area contributed by atoms with E-state index in [1.165, 1.54) is 12.1 Å². The van der Waals surface area contributed by atoms with Crippen LogP contribution in [0.5, 0.6) is 0 Å². The topological polar surface area (TPSA) is 28.7 Å². The Hall–Kier alpha value is -2.82. The number of alkyl halides is 3. The molecule has 0 atom stereocenters. The van der Waals surface area contributed by atoms with Gasteiger partial charge in [0, 0.05) is 34.4 Å². The molecule has 0 aliphatic heterocycles. The van der Waals surface area contributed by atoms with Crippen molar-refractivity contribution in [3.63, 3.8) is 0 Å². The zero-order chi connectivity index (χ0) is 16.0. The van der Waals surface area contributed by atoms with Crippen molar-refractivity contribution >= 4 is 21.7 Å². The molecule has 23 heavy (non-hydrogen) atoms. The molecule has 0 radical (unpaired) electrons. The predicted octanol–water partition coefficient (Wildman–Crippen LogP) is 5.40. The lowest BCUT2D eigenvalue weighted by Crippen LogP contribution is -2.05. The maximum atomic E-state index is 13.4. The second-order valence-electron chi connectivity index (χ2n) is 5.35. The van der Waals surface area contributed by atoms with Gasteiger partial charge in [-0.25, -0.2) is 0 Å². The molecular weight excluding hydrogens is 301 g/mol. The molecule has 0 amide bonds. The quantitative estimate of drug-likeness (QED) is 0.501. The molecular formula is C18H11F3N2. The van der Waals surface area contributed by atoms with Crippen LogP contribution < -0.4 is 0 Å². The highest BCUT2D eigenvalue weighted by Crippen LogP contribution is 2.39. The van der Waals surface area contributed by atoms with E-state index >= 15 is 0 Å². The minimum absolute atomic E-state index is 0.204. The highest BCUT2D eigenvalue weighted by atomic mass is 19.4. The summed E-state index contributed by atoms with van der Waals surface area (Å²) in [6, 6.07) is 13.2. The number of nitrogens with zero attached hydrogens (tertiary/aromatic N) is 1. The van der Waals surface area contributed by atoms with E-state index in [-0.39, 0.29) is 5.39 Å². The fourth-order valence-electron chi connectivity index (χ4n) is 2.90. The van der Waals surface area contributed by atoms with Gasteiger partial charge in [-0.1, -0.05) is 24.3 Å². The molecule has 0 fully saturated rings. The first-order valence-corrected chi connectivity index (χ1v) is 7.06. The minimum Gasteiger partial charge on any atom is -0.354 e. The van der Waals surface area contributed by atoms with Crippen LogP contribution in [0.4, 0.5) is 13.2 Å². The molecule has 2 heterocycles. The van der Waals surface area contributed by atoms with Crippen LogP contribution >= 0.6 is 0 Å². The molecule has 0 aliphatic carbocycles. The Morgan fingerprint density at radius 3 is 2.26 bits per heavy atom. The van der Waals surface area contributed by atoms with Crippen LogP contribution in [-0.4, -0.2) is 9.97 Å². The van der Waals surface area contributed by atoms with Crippen LogP contribution in [0, 0.1) is 0 Å². The van der Waals surface area contributed by atoms with Gasteiger partial charge in [0.15, 0.2) is 0 Å². The zero-order valence-electron chi connectivity index (χ0n) is 11.9. The summed E-state index contributed by atoms with van der Waals surface area (Å²) in [4.78, 5) is 7.20. The Kier molecular flexibility index (Phi) is 2.91. The number of fused-ring (bicyclic) bond motifs is 3. The fraction of sp³-hybridized carbons (Fsp3) is 0.0556. The molecule has 1 N–H and O–H groups in total. The Labute approximate surface area is 129 Å². The molecule has 0 aliphatic rings. The van der Waals surface area contributed by atoms with Crippen molar-refractivity contribution < 1.29 is 13.2 Å². The molecule has 0 spiro atoms. The number of nitrogens with one attached hydrogen (secondary N) is 1. The summed E-state index contributed by atoms with van der Waals surface area (Å²) in [6.45, 7) is 0. The first kappa shape index (κ1) is 13.8. The van der Waals surface area contributed by atoms with Crippen molar-refractivity contribution in [2.45, 2.75) is 6.18 Å². The van der Waals surface area contributed by atoms with Gasteiger partial charge in [-0.15, -0.1) is 0 Å². The summed E-state index contributed by atoms with van der Waals surface area (Å²) in [5.74, 6) is 0. The number of halogens is 3. The fourth-order valence-corrected chi connectivity index (χ4v) is 2.90. The number of hydrogen-bond donors (Lipinski definition) is 1. The van der Waals surface area contributed by atoms with Crippen LogP contribution in [0.3, 0.4) is 0 Å². The lowest BCUT2D eigenvalue weighted by Gasteiger charge is -2.11. The number of pyridine rings is 1. The summed E-state index contributed by atoms with van der Waals surface area (Å²) < 4.78 is 40.1. The molecule has 2 nitrogen and oxygen atoms in total. The highest BCUT2D eigenvalue weighted by Gasteiger charge is 2.33. The van der Waals surface area contributed by atoms with Gasteiger partial charge in [0.05, 0.1) is 11.1 Å². The normalized spacial score (nSPS) is 12.1. The molecule has 0 bridgehead atoms. The van der Waals surface area contributed by atoms with Crippen LogP contribution in [0.25, 0.3) is 32.9 Å². The van der Waals surface area contributed by atoms with Crippen molar-refractivity contribution in [2.75, 3.05) is 0 Å². The van der Waals surface area contributed by atoms with E-state index in [0.717, 1.165) is 11.3 Å². The van der Waals surface area contributed by atoms with E-state index in [1.54, 1.807) is 36.7 Å². The molecule has 0 saturated heterocycles. The smallest absolute Gasteiger partial charge is 0.354 e. The average Bonchev–Trinajstić information content (AvgIpc) is 2.98. The molecule has 114 valence electrons. The van der Waals surface area contributed by atoms with Crippen LogP contribution in [0.2, 0.25) is 0 Å². The predicted molar refractivity (Wildman–Crippen MR) is 84.0 cm³/mol. The Balaban J connectivity index is 2.07. The van der Waals surface area contributed by atoms with E-state index in [0.29, 0.717) is 16.3 Å². The highest BCUT2D eigenvalue weighted by molar-refractivity contribution is 6.08. The number of H-pyrrole nitrogens is 1. The molecule has 4 aromatic rings. The van der Waals surface area contributed by atoms with Gasteiger partial charge in [-0.2, -0.15) is 13.2 Å². The summed E-state index contributed by atoms with van der Waals surface area (Å²) in [5, 5.41) is 1.32. The lowest BCUT2D eigenvalue weighted by molar-refractivity contribution is -0.136. The minimum atomic E-state index is -4.39. The number of rotatable bonds is 1.